The lowest BCUT2D eigenvalue weighted by molar-refractivity contribution is -0.142. The average Bonchev–Trinajstić information content (AvgIpc) is 2.70. The van der Waals surface area contributed by atoms with Crippen molar-refractivity contribution in [3.05, 3.63) is 58.1 Å². The highest BCUT2D eigenvalue weighted by molar-refractivity contribution is 6.35. The van der Waals surface area contributed by atoms with E-state index in [-0.39, 0.29) is 25.0 Å². The second-order valence-electron chi connectivity index (χ2n) is 8.11. The number of methoxy groups -OCH3 is 1. The van der Waals surface area contributed by atoms with Crippen LogP contribution in [-0.4, -0.2) is 42.0 Å². The molecule has 1 atom stereocenters. The smallest absolute Gasteiger partial charge is 0.261 e. The van der Waals surface area contributed by atoms with Crippen molar-refractivity contribution in [3.63, 3.8) is 0 Å². The molecule has 0 radical (unpaired) electrons. The summed E-state index contributed by atoms with van der Waals surface area (Å²) in [5.41, 5.74) is 0.235. The predicted octanol–water partition coefficient (Wildman–Crippen LogP) is 4.71. The van der Waals surface area contributed by atoms with Crippen LogP contribution in [-0.2, 0) is 16.1 Å². The normalized spacial score (nSPS) is 12.1. The van der Waals surface area contributed by atoms with Gasteiger partial charge in [-0.15, -0.1) is 0 Å². The Kier molecular flexibility index (Phi) is 8.60. The molecule has 2 aromatic rings. The molecule has 168 valence electrons. The SMILES string of the molecule is COc1ccccc1OCC(=O)N(Cc1ccc(Cl)cc1Cl)[C@@H](C)C(=O)NC(C)(C)C. The third-order valence-electron chi connectivity index (χ3n) is 4.44. The van der Waals surface area contributed by atoms with Crippen LogP contribution in [0.2, 0.25) is 10.0 Å². The standard InChI is InChI=1S/C23H28Cl2N2O4/c1-15(22(29)26-23(2,3)4)27(13-16-10-11-17(24)12-18(16)25)21(28)14-31-20-9-7-6-8-19(20)30-5/h6-12,15H,13-14H2,1-5H3,(H,26,29)/t15-/m0/s1. The van der Waals surface area contributed by atoms with Gasteiger partial charge in [0.2, 0.25) is 5.91 Å². The zero-order chi connectivity index (χ0) is 23.2. The molecule has 0 heterocycles. The van der Waals surface area contributed by atoms with Crippen LogP contribution < -0.4 is 14.8 Å². The number of ether oxygens (including phenoxy) is 2. The lowest BCUT2D eigenvalue weighted by atomic mass is 10.1. The number of halogens is 2. The molecule has 0 aliphatic heterocycles. The van der Waals surface area contributed by atoms with Gasteiger partial charge in [0.25, 0.3) is 5.91 Å². The minimum absolute atomic E-state index is 0.128. The lowest BCUT2D eigenvalue weighted by Crippen LogP contribution is -2.53. The summed E-state index contributed by atoms with van der Waals surface area (Å²) in [6.07, 6.45) is 0. The maximum absolute atomic E-state index is 13.1. The number of hydrogen-bond donors (Lipinski definition) is 1. The van der Waals surface area contributed by atoms with Crippen molar-refractivity contribution in [2.75, 3.05) is 13.7 Å². The van der Waals surface area contributed by atoms with Gasteiger partial charge in [-0.25, -0.2) is 0 Å². The van der Waals surface area contributed by atoms with Crippen LogP contribution in [0.3, 0.4) is 0 Å². The van der Waals surface area contributed by atoms with E-state index in [2.05, 4.69) is 5.32 Å². The molecule has 0 bridgehead atoms. The van der Waals surface area contributed by atoms with Crippen LogP contribution >= 0.6 is 23.2 Å². The molecule has 2 amide bonds. The average molecular weight is 467 g/mol. The Bertz CT molecular complexity index is 928. The number of nitrogens with zero attached hydrogens (tertiary/aromatic N) is 1. The molecule has 0 aliphatic carbocycles. The lowest BCUT2D eigenvalue weighted by Gasteiger charge is -2.31. The number of benzene rings is 2. The largest absolute Gasteiger partial charge is 0.493 e. The van der Waals surface area contributed by atoms with E-state index in [1.165, 1.54) is 12.0 Å². The van der Waals surface area contributed by atoms with E-state index < -0.39 is 11.6 Å². The predicted molar refractivity (Wildman–Crippen MR) is 123 cm³/mol. The van der Waals surface area contributed by atoms with E-state index in [0.29, 0.717) is 27.1 Å². The molecule has 1 N–H and O–H groups in total. The van der Waals surface area contributed by atoms with Gasteiger partial charge in [-0.05, 0) is 57.5 Å². The molecular formula is C23H28Cl2N2O4. The fourth-order valence-electron chi connectivity index (χ4n) is 2.85. The Hall–Kier alpha value is -2.44. The Labute approximate surface area is 193 Å². The fraction of sp³-hybridized carbons (Fsp3) is 0.391. The van der Waals surface area contributed by atoms with Gasteiger partial charge in [0.15, 0.2) is 18.1 Å². The van der Waals surface area contributed by atoms with E-state index >= 15 is 0 Å². The van der Waals surface area contributed by atoms with Gasteiger partial charge >= 0.3 is 0 Å². The molecule has 2 aromatic carbocycles. The van der Waals surface area contributed by atoms with E-state index in [1.807, 2.05) is 20.8 Å². The van der Waals surface area contributed by atoms with E-state index in [1.54, 1.807) is 49.4 Å². The molecule has 8 heteroatoms. The third kappa shape index (κ3) is 7.33. The van der Waals surface area contributed by atoms with Crippen LogP contribution in [0, 0.1) is 0 Å². The van der Waals surface area contributed by atoms with Crippen molar-refractivity contribution in [2.45, 2.75) is 45.8 Å². The minimum Gasteiger partial charge on any atom is -0.493 e. The molecular weight excluding hydrogens is 439 g/mol. The maximum Gasteiger partial charge on any atom is 0.261 e. The molecule has 0 unspecified atom stereocenters. The number of carbonyl (C=O) groups is 2. The first-order valence-electron chi connectivity index (χ1n) is 9.83. The van der Waals surface area contributed by atoms with Crippen molar-refractivity contribution in [1.29, 1.82) is 0 Å². The van der Waals surface area contributed by atoms with Crippen LogP contribution in [0.1, 0.15) is 33.3 Å². The minimum atomic E-state index is -0.750. The Morgan fingerprint density at radius 1 is 1.10 bits per heavy atom. The summed E-state index contributed by atoms with van der Waals surface area (Å²) in [6, 6.07) is 11.3. The molecule has 6 nitrogen and oxygen atoms in total. The van der Waals surface area contributed by atoms with Crippen molar-refractivity contribution >= 4 is 35.0 Å². The van der Waals surface area contributed by atoms with Crippen molar-refractivity contribution in [1.82, 2.24) is 10.2 Å². The van der Waals surface area contributed by atoms with Crippen molar-refractivity contribution in [3.8, 4) is 11.5 Å². The second kappa shape index (κ2) is 10.7. The first kappa shape index (κ1) is 24.8. The van der Waals surface area contributed by atoms with Crippen molar-refractivity contribution < 1.29 is 19.1 Å². The Balaban J connectivity index is 2.24. The van der Waals surface area contributed by atoms with Gasteiger partial charge in [0, 0.05) is 22.1 Å². The summed E-state index contributed by atoms with van der Waals surface area (Å²) in [6.45, 7) is 7.17. The van der Waals surface area contributed by atoms with Gasteiger partial charge in [-0.3, -0.25) is 9.59 Å². The quantitative estimate of drug-likeness (QED) is 0.611. The number of rotatable bonds is 8. The van der Waals surface area contributed by atoms with Crippen LogP contribution in [0.4, 0.5) is 0 Å². The molecule has 0 aromatic heterocycles. The second-order valence-corrected chi connectivity index (χ2v) is 8.96. The number of amides is 2. The molecule has 0 saturated carbocycles. The highest BCUT2D eigenvalue weighted by atomic mass is 35.5. The topological polar surface area (TPSA) is 67.9 Å². The Morgan fingerprint density at radius 3 is 2.32 bits per heavy atom. The van der Waals surface area contributed by atoms with Crippen LogP contribution in [0.5, 0.6) is 11.5 Å². The highest BCUT2D eigenvalue weighted by Crippen LogP contribution is 2.26. The zero-order valence-corrected chi connectivity index (χ0v) is 19.9. The Morgan fingerprint density at radius 2 is 1.74 bits per heavy atom. The summed E-state index contributed by atoms with van der Waals surface area (Å²) in [5.74, 6) is 0.312. The van der Waals surface area contributed by atoms with Gasteiger partial charge < -0.3 is 19.7 Å². The molecule has 0 spiro atoms. The van der Waals surface area contributed by atoms with Gasteiger partial charge in [0.1, 0.15) is 6.04 Å². The van der Waals surface area contributed by atoms with Gasteiger partial charge in [-0.2, -0.15) is 0 Å². The van der Waals surface area contributed by atoms with Crippen molar-refractivity contribution in [2.24, 2.45) is 0 Å². The number of hydrogen-bond acceptors (Lipinski definition) is 4. The van der Waals surface area contributed by atoms with Gasteiger partial charge in [-0.1, -0.05) is 41.4 Å². The third-order valence-corrected chi connectivity index (χ3v) is 5.03. The zero-order valence-electron chi connectivity index (χ0n) is 18.4. The maximum atomic E-state index is 13.1. The summed E-state index contributed by atoms with van der Waals surface area (Å²) < 4.78 is 10.9. The monoisotopic (exact) mass is 466 g/mol. The molecule has 0 fully saturated rings. The molecule has 0 saturated heterocycles. The number of para-hydroxylation sites is 2. The summed E-state index contributed by atoms with van der Waals surface area (Å²) in [7, 11) is 1.53. The van der Waals surface area contributed by atoms with Crippen LogP contribution in [0.25, 0.3) is 0 Å². The van der Waals surface area contributed by atoms with Crippen LogP contribution in [0.15, 0.2) is 42.5 Å². The van der Waals surface area contributed by atoms with E-state index in [9.17, 15) is 9.59 Å². The molecule has 2 rings (SSSR count). The summed E-state index contributed by atoms with van der Waals surface area (Å²) >= 11 is 12.3. The first-order chi connectivity index (χ1) is 14.5. The summed E-state index contributed by atoms with van der Waals surface area (Å²) in [4.78, 5) is 27.3. The molecule has 31 heavy (non-hydrogen) atoms. The first-order valence-corrected chi connectivity index (χ1v) is 10.6. The molecule has 0 aliphatic rings. The van der Waals surface area contributed by atoms with E-state index in [4.69, 9.17) is 32.7 Å². The number of carbonyl (C=O) groups excluding carboxylic acids is 2. The summed E-state index contributed by atoms with van der Waals surface area (Å²) in [5, 5.41) is 3.81. The van der Waals surface area contributed by atoms with Gasteiger partial charge in [0.05, 0.1) is 7.11 Å². The van der Waals surface area contributed by atoms with E-state index in [0.717, 1.165) is 0 Å². The number of nitrogens with one attached hydrogen (secondary N) is 1. The fourth-order valence-corrected chi connectivity index (χ4v) is 3.32. The highest BCUT2D eigenvalue weighted by Gasteiger charge is 2.29.